The normalized spacial score (nSPS) is 19.7. The third kappa shape index (κ3) is 6.14. The van der Waals surface area contributed by atoms with Gasteiger partial charge in [-0.3, -0.25) is 9.79 Å². The van der Waals surface area contributed by atoms with E-state index >= 15 is 0 Å². The number of ether oxygens (including phenoxy) is 1. The van der Waals surface area contributed by atoms with Gasteiger partial charge in [0, 0.05) is 18.3 Å². The maximum Gasteiger partial charge on any atom is 0.307 e. The summed E-state index contributed by atoms with van der Waals surface area (Å²) in [7, 11) is 1.40. The molecule has 0 saturated carbocycles. The Morgan fingerprint density at radius 2 is 2.33 bits per heavy atom. The zero-order valence-electron chi connectivity index (χ0n) is 11.2. The second-order valence-electron chi connectivity index (χ2n) is 4.11. The number of nitrogens with zero attached hydrogens (tertiary/aromatic N) is 1. The average Bonchev–Trinajstić information content (AvgIpc) is 2.88. The van der Waals surface area contributed by atoms with E-state index < -0.39 is 0 Å². The molecule has 1 saturated heterocycles. The highest BCUT2D eigenvalue weighted by molar-refractivity contribution is 8.00. The van der Waals surface area contributed by atoms with E-state index in [1.54, 1.807) is 0 Å². The second-order valence-corrected chi connectivity index (χ2v) is 5.52. The molecule has 104 valence electrons. The first-order chi connectivity index (χ1) is 8.76. The van der Waals surface area contributed by atoms with Crippen molar-refractivity contribution in [3.63, 3.8) is 0 Å². The van der Waals surface area contributed by atoms with Crippen LogP contribution in [0.3, 0.4) is 0 Å². The van der Waals surface area contributed by atoms with Gasteiger partial charge in [0.25, 0.3) is 0 Å². The van der Waals surface area contributed by atoms with Gasteiger partial charge in [-0.15, -0.1) is 0 Å². The first kappa shape index (κ1) is 15.1. The van der Waals surface area contributed by atoms with Gasteiger partial charge in [0.2, 0.25) is 0 Å². The molecule has 1 rings (SSSR count). The number of carbonyl (C=O) groups excluding carboxylic acids is 1. The van der Waals surface area contributed by atoms with Gasteiger partial charge in [-0.2, -0.15) is 11.8 Å². The van der Waals surface area contributed by atoms with Gasteiger partial charge < -0.3 is 15.4 Å². The first-order valence-corrected chi connectivity index (χ1v) is 7.51. The summed E-state index contributed by atoms with van der Waals surface area (Å²) < 4.78 is 4.59. The van der Waals surface area contributed by atoms with E-state index in [-0.39, 0.29) is 5.97 Å². The predicted octanol–water partition coefficient (Wildman–Crippen LogP) is 1.00. The van der Waals surface area contributed by atoms with Crippen LogP contribution in [0.25, 0.3) is 0 Å². The fourth-order valence-electron chi connectivity index (χ4n) is 1.71. The quantitative estimate of drug-likeness (QED) is 0.429. The Morgan fingerprint density at radius 1 is 1.50 bits per heavy atom. The monoisotopic (exact) mass is 273 g/mol. The Bertz CT molecular complexity index is 278. The van der Waals surface area contributed by atoms with Crippen molar-refractivity contribution in [2.75, 3.05) is 32.5 Å². The van der Waals surface area contributed by atoms with Crippen LogP contribution in [0.1, 0.15) is 26.2 Å². The molecule has 0 radical (unpaired) electrons. The highest BCUT2D eigenvalue weighted by Gasteiger charge is 2.14. The van der Waals surface area contributed by atoms with Gasteiger partial charge in [-0.1, -0.05) is 0 Å². The number of hydrogen-bond acceptors (Lipinski definition) is 4. The molecule has 1 heterocycles. The summed E-state index contributed by atoms with van der Waals surface area (Å²) in [5.74, 6) is 1.84. The Balaban J connectivity index is 2.28. The van der Waals surface area contributed by atoms with Crippen LogP contribution in [0.4, 0.5) is 0 Å². The van der Waals surface area contributed by atoms with Gasteiger partial charge in [-0.25, -0.2) is 0 Å². The number of thioether (sulfide) groups is 1. The topological polar surface area (TPSA) is 62.7 Å². The van der Waals surface area contributed by atoms with Crippen molar-refractivity contribution in [2.24, 2.45) is 4.99 Å². The molecule has 2 N–H and O–H groups in total. The van der Waals surface area contributed by atoms with Crippen LogP contribution in [-0.4, -0.2) is 49.7 Å². The molecule has 0 aliphatic carbocycles. The highest BCUT2D eigenvalue weighted by Crippen LogP contribution is 2.25. The van der Waals surface area contributed by atoms with Crippen LogP contribution in [0.2, 0.25) is 0 Å². The smallest absolute Gasteiger partial charge is 0.307 e. The van der Waals surface area contributed by atoms with Gasteiger partial charge in [0.15, 0.2) is 5.96 Å². The number of guanidine groups is 1. The van der Waals surface area contributed by atoms with Crippen molar-refractivity contribution in [3.8, 4) is 0 Å². The molecule has 5 nitrogen and oxygen atoms in total. The van der Waals surface area contributed by atoms with Gasteiger partial charge >= 0.3 is 5.97 Å². The van der Waals surface area contributed by atoms with E-state index in [1.165, 1.54) is 25.7 Å². The number of carbonyl (C=O) groups is 1. The maximum atomic E-state index is 11.0. The van der Waals surface area contributed by atoms with Crippen LogP contribution < -0.4 is 10.6 Å². The largest absolute Gasteiger partial charge is 0.469 e. The van der Waals surface area contributed by atoms with Crippen molar-refractivity contribution in [3.05, 3.63) is 0 Å². The molecule has 0 aromatic carbocycles. The Hall–Kier alpha value is -0.910. The van der Waals surface area contributed by atoms with Crippen LogP contribution in [-0.2, 0) is 9.53 Å². The molecule has 1 aliphatic heterocycles. The molecule has 18 heavy (non-hydrogen) atoms. The van der Waals surface area contributed by atoms with Crippen molar-refractivity contribution >= 4 is 23.7 Å². The summed E-state index contributed by atoms with van der Waals surface area (Å²) >= 11 is 2.00. The Morgan fingerprint density at radius 3 is 2.94 bits per heavy atom. The van der Waals surface area contributed by atoms with Crippen LogP contribution >= 0.6 is 11.8 Å². The summed E-state index contributed by atoms with van der Waals surface area (Å²) in [5.41, 5.74) is 0. The predicted molar refractivity (Wildman–Crippen MR) is 76.1 cm³/mol. The number of aliphatic imine (C=N–C) groups is 1. The minimum absolute atomic E-state index is 0.204. The molecule has 1 fully saturated rings. The van der Waals surface area contributed by atoms with Gasteiger partial charge in [0.1, 0.15) is 0 Å². The van der Waals surface area contributed by atoms with E-state index in [0.29, 0.717) is 18.2 Å². The molecule has 0 amide bonds. The molecule has 6 heteroatoms. The molecule has 0 spiro atoms. The fraction of sp³-hybridized carbons (Fsp3) is 0.833. The van der Waals surface area contributed by atoms with E-state index in [0.717, 1.165) is 19.0 Å². The van der Waals surface area contributed by atoms with Crippen LogP contribution in [0.5, 0.6) is 0 Å². The average molecular weight is 273 g/mol. The summed E-state index contributed by atoms with van der Waals surface area (Å²) in [6.07, 6.45) is 2.92. The number of methoxy groups -OCH3 is 1. The number of hydrogen-bond donors (Lipinski definition) is 2. The lowest BCUT2D eigenvalue weighted by atomic mass is 10.2. The summed E-state index contributed by atoms with van der Waals surface area (Å²) in [5, 5.41) is 6.97. The van der Waals surface area contributed by atoms with E-state index in [9.17, 15) is 4.79 Å². The fourth-order valence-corrected chi connectivity index (χ4v) is 2.89. The minimum atomic E-state index is -0.204. The molecule has 0 aromatic rings. The van der Waals surface area contributed by atoms with Crippen molar-refractivity contribution in [2.45, 2.75) is 31.4 Å². The van der Waals surface area contributed by atoms with E-state index in [4.69, 9.17) is 0 Å². The van der Waals surface area contributed by atoms with Crippen LogP contribution in [0, 0.1) is 0 Å². The van der Waals surface area contributed by atoms with Gasteiger partial charge in [-0.05, 0) is 25.5 Å². The molecular weight excluding hydrogens is 250 g/mol. The second kappa shape index (κ2) is 9.08. The lowest BCUT2D eigenvalue weighted by Crippen LogP contribution is -2.38. The number of esters is 1. The Kier molecular flexibility index (Phi) is 7.64. The molecular formula is C12H23N3O2S. The molecule has 1 atom stereocenters. The third-order valence-corrected chi connectivity index (χ3v) is 4.05. The molecule has 1 aliphatic rings. The Labute approximate surface area is 113 Å². The zero-order valence-corrected chi connectivity index (χ0v) is 12.0. The van der Waals surface area contributed by atoms with Gasteiger partial charge in [0.05, 0.1) is 20.1 Å². The maximum absolute atomic E-state index is 11.0. The number of nitrogens with one attached hydrogen (secondary N) is 2. The summed E-state index contributed by atoms with van der Waals surface area (Å²) in [6, 6.07) is 0. The standard InChI is InChI=1S/C12H23N3O2S/c1-3-13-12(14-7-6-11(16)17-2)15-9-10-5-4-8-18-10/h10H,3-9H2,1-2H3,(H2,13,14,15). The lowest BCUT2D eigenvalue weighted by molar-refractivity contribution is -0.140. The summed E-state index contributed by atoms with van der Waals surface area (Å²) in [6.45, 7) is 4.25. The van der Waals surface area contributed by atoms with E-state index in [2.05, 4.69) is 20.4 Å². The summed E-state index contributed by atoms with van der Waals surface area (Å²) in [4.78, 5) is 15.5. The van der Waals surface area contributed by atoms with Crippen LogP contribution in [0.15, 0.2) is 4.99 Å². The minimum Gasteiger partial charge on any atom is -0.469 e. The third-order valence-electron chi connectivity index (χ3n) is 2.67. The van der Waals surface area contributed by atoms with Crippen molar-refractivity contribution < 1.29 is 9.53 Å². The molecule has 0 aromatic heterocycles. The zero-order chi connectivity index (χ0) is 13.2. The molecule has 0 bridgehead atoms. The number of rotatable bonds is 6. The van der Waals surface area contributed by atoms with Crippen molar-refractivity contribution in [1.29, 1.82) is 0 Å². The molecule has 1 unspecified atom stereocenters. The van der Waals surface area contributed by atoms with Crippen molar-refractivity contribution in [1.82, 2.24) is 10.6 Å². The van der Waals surface area contributed by atoms with E-state index in [1.807, 2.05) is 18.7 Å². The highest BCUT2D eigenvalue weighted by atomic mass is 32.2. The first-order valence-electron chi connectivity index (χ1n) is 6.46. The SMILES string of the molecule is CCNC(=NCC1CCCS1)NCCC(=O)OC. The lowest BCUT2D eigenvalue weighted by Gasteiger charge is -2.12.